The minimum Gasteiger partial charge on any atom is -0.333 e. The molecule has 0 radical (unpaired) electrons. The standard InChI is InChI=1S/C10H7BrClF4NO3S/c1-17(4-10(14,15)16)9(18)5-2-6(13)8(11)7(3-5)21(12,19)20/h2-3H,4H2,1H3. The van der Waals surface area contributed by atoms with E-state index in [2.05, 4.69) is 15.9 Å². The fraction of sp³-hybridized carbons (Fsp3) is 0.300. The first kappa shape index (κ1) is 18.2. The molecule has 1 rings (SSSR count). The molecule has 1 aromatic carbocycles. The lowest BCUT2D eigenvalue weighted by molar-refractivity contribution is -0.138. The molecule has 1 amide bonds. The molecule has 0 saturated heterocycles. The second-order valence-electron chi connectivity index (χ2n) is 3.98. The van der Waals surface area contributed by atoms with Gasteiger partial charge in [0.05, 0.1) is 4.47 Å². The zero-order chi connectivity index (χ0) is 16.6. The van der Waals surface area contributed by atoms with Crippen molar-refractivity contribution in [3.8, 4) is 0 Å². The van der Waals surface area contributed by atoms with Gasteiger partial charge in [0.2, 0.25) is 0 Å². The van der Waals surface area contributed by atoms with Crippen LogP contribution >= 0.6 is 26.6 Å². The highest BCUT2D eigenvalue weighted by Gasteiger charge is 2.32. The molecule has 0 aromatic heterocycles. The number of hydrogen-bond donors (Lipinski definition) is 0. The molecule has 0 aliphatic carbocycles. The maximum Gasteiger partial charge on any atom is 0.406 e. The summed E-state index contributed by atoms with van der Waals surface area (Å²) in [6.45, 7) is -1.56. The lowest BCUT2D eigenvalue weighted by Crippen LogP contribution is -2.35. The molecule has 0 N–H and O–H groups in total. The van der Waals surface area contributed by atoms with Crippen molar-refractivity contribution in [2.75, 3.05) is 13.6 Å². The van der Waals surface area contributed by atoms with Crippen LogP contribution in [-0.2, 0) is 9.05 Å². The number of carbonyl (C=O) groups is 1. The zero-order valence-corrected chi connectivity index (χ0v) is 13.4. The minimum atomic E-state index is -4.64. The quantitative estimate of drug-likeness (QED) is 0.566. The van der Waals surface area contributed by atoms with Crippen LogP contribution in [0, 0.1) is 5.82 Å². The Balaban J connectivity index is 3.27. The third-order valence-electron chi connectivity index (χ3n) is 2.27. The van der Waals surface area contributed by atoms with E-state index in [1.807, 2.05) is 0 Å². The number of carbonyl (C=O) groups excluding carboxylic acids is 1. The minimum absolute atomic E-state index is 0.285. The molecule has 4 nitrogen and oxygen atoms in total. The smallest absolute Gasteiger partial charge is 0.333 e. The molecule has 1 aromatic rings. The summed E-state index contributed by atoms with van der Waals surface area (Å²) in [4.78, 5) is 11.3. The van der Waals surface area contributed by atoms with Crippen molar-refractivity contribution in [3.63, 3.8) is 0 Å². The molecule has 0 fully saturated rings. The van der Waals surface area contributed by atoms with E-state index in [9.17, 15) is 30.8 Å². The number of halogens is 6. The molecular weight excluding hydrogens is 406 g/mol. The van der Waals surface area contributed by atoms with E-state index < -0.39 is 48.4 Å². The van der Waals surface area contributed by atoms with Crippen LogP contribution in [0.1, 0.15) is 10.4 Å². The van der Waals surface area contributed by atoms with Crippen molar-refractivity contribution in [1.29, 1.82) is 0 Å². The average molecular weight is 413 g/mol. The molecule has 0 unspecified atom stereocenters. The molecular formula is C10H7BrClF4NO3S. The first-order valence-corrected chi connectivity index (χ1v) is 8.19. The highest BCUT2D eigenvalue weighted by molar-refractivity contribution is 9.10. The van der Waals surface area contributed by atoms with Gasteiger partial charge in [-0.3, -0.25) is 4.79 Å². The van der Waals surface area contributed by atoms with Crippen LogP contribution in [0.3, 0.4) is 0 Å². The highest BCUT2D eigenvalue weighted by Crippen LogP contribution is 2.29. The molecule has 0 spiro atoms. The Labute approximate surface area is 130 Å². The maximum atomic E-state index is 13.6. The van der Waals surface area contributed by atoms with E-state index in [1.165, 1.54) is 0 Å². The topological polar surface area (TPSA) is 54.5 Å². The van der Waals surface area contributed by atoms with Gasteiger partial charge in [-0.2, -0.15) is 13.2 Å². The number of hydrogen-bond acceptors (Lipinski definition) is 3. The lowest BCUT2D eigenvalue weighted by atomic mass is 10.2. The van der Waals surface area contributed by atoms with Crippen molar-refractivity contribution < 1.29 is 30.8 Å². The summed E-state index contributed by atoms with van der Waals surface area (Å²) in [5.74, 6) is -2.33. The summed E-state index contributed by atoms with van der Waals surface area (Å²) in [6.07, 6.45) is -4.64. The second kappa shape index (κ2) is 6.09. The van der Waals surface area contributed by atoms with Crippen molar-refractivity contribution in [3.05, 3.63) is 28.0 Å². The van der Waals surface area contributed by atoms with Gasteiger partial charge in [0.25, 0.3) is 15.0 Å². The van der Waals surface area contributed by atoms with Crippen LogP contribution in [0.2, 0.25) is 0 Å². The van der Waals surface area contributed by atoms with E-state index in [0.29, 0.717) is 12.1 Å². The summed E-state index contributed by atoms with van der Waals surface area (Å²) in [5, 5.41) is 0. The number of rotatable bonds is 3. The number of benzene rings is 1. The Bertz CT molecular complexity index is 678. The summed E-state index contributed by atoms with van der Waals surface area (Å²) >= 11 is 2.64. The van der Waals surface area contributed by atoms with Gasteiger partial charge in [0, 0.05) is 23.3 Å². The van der Waals surface area contributed by atoms with Gasteiger partial charge in [-0.25, -0.2) is 12.8 Å². The van der Waals surface area contributed by atoms with Crippen LogP contribution in [0.4, 0.5) is 17.6 Å². The Morgan fingerprint density at radius 2 is 1.90 bits per heavy atom. The maximum absolute atomic E-state index is 13.6. The molecule has 21 heavy (non-hydrogen) atoms. The molecule has 0 aliphatic heterocycles. The first-order chi connectivity index (χ1) is 9.33. The number of nitrogens with zero attached hydrogens (tertiary/aromatic N) is 1. The molecule has 118 valence electrons. The molecule has 0 atom stereocenters. The van der Waals surface area contributed by atoms with Crippen LogP contribution in [-0.4, -0.2) is 39.0 Å². The van der Waals surface area contributed by atoms with Gasteiger partial charge in [-0.15, -0.1) is 0 Å². The summed E-state index contributed by atoms with van der Waals surface area (Å²) in [6, 6.07) is 1.32. The van der Waals surface area contributed by atoms with Crippen molar-refractivity contribution in [2.24, 2.45) is 0 Å². The SMILES string of the molecule is CN(CC(F)(F)F)C(=O)c1cc(F)c(Br)c(S(=O)(=O)Cl)c1. The molecule has 11 heteroatoms. The van der Waals surface area contributed by atoms with Gasteiger partial charge >= 0.3 is 6.18 Å². The Hall–Kier alpha value is -0.870. The second-order valence-corrected chi connectivity index (χ2v) is 7.31. The predicted molar refractivity (Wildman–Crippen MR) is 70.2 cm³/mol. The largest absolute Gasteiger partial charge is 0.406 e. The third kappa shape index (κ3) is 4.82. The van der Waals surface area contributed by atoms with Gasteiger partial charge in [-0.1, -0.05) is 0 Å². The number of amides is 1. The molecule has 0 aliphatic rings. The van der Waals surface area contributed by atoms with Gasteiger partial charge in [0.15, 0.2) is 0 Å². The van der Waals surface area contributed by atoms with Gasteiger partial charge in [-0.05, 0) is 28.1 Å². The third-order valence-corrected chi connectivity index (χ3v) is 4.68. The molecule has 0 saturated carbocycles. The Morgan fingerprint density at radius 3 is 2.33 bits per heavy atom. The van der Waals surface area contributed by atoms with Gasteiger partial charge < -0.3 is 4.90 Å². The van der Waals surface area contributed by atoms with Crippen LogP contribution < -0.4 is 0 Å². The fourth-order valence-corrected chi connectivity index (χ4v) is 3.52. The molecule has 0 bridgehead atoms. The normalized spacial score (nSPS) is 12.3. The summed E-state index contributed by atoms with van der Waals surface area (Å²) in [7, 11) is 1.54. The first-order valence-electron chi connectivity index (χ1n) is 5.09. The number of alkyl halides is 3. The monoisotopic (exact) mass is 411 g/mol. The van der Waals surface area contributed by atoms with E-state index in [1.54, 1.807) is 0 Å². The predicted octanol–water partition coefficient (Wildman–Crippen LogP) is 3.15. The Kier molecular flexibility index (Phi) is 5.27. The molecule has 0 heterocycles. The van der Waals surface area contributed by atoms with Crippen LogP contribution in [0.25, 0.3) is 0 Å². The van der Waals surface area contributed by atoms with Crippen LogP contribution in [0.15, 0.2) is 21.5 Å². The van der Waals surface area contributed by atoms with E-state index >= 15 is 0 Å². The van der Waals surface area contributed by atoms with Gasteiger partial charge in [0.1, 0.15) is 17.3 Å². The Morgan fingerprint density at radius 1 is 1.38 bits per heavy atom. The lowest BCUT2D eigenvalue weighted by Gasteiger charge is -2.19. The van der Waals surface area contributed by atoms with E-state index in [-0.39, 0.29) is 4.90 Å². The van der Waals surface area contributed by atoms with E-state index in [4.69, 9.17) is 10.7 Å². The van der Waals surface area contributed by atoms with E-state index in [0.717, 1.165) is 7.05 Å². The van der Waals surface area contributed by atoms with Crippen molar-refractivity contribution in [1.82, 2.24) is 4.90 Å². The van der Waals surface area contributed by atoms with Crippen molar-refractivity contribution >= 4 is 41.6 Å². The average Bonchev–Trinajstić information content (AvgIpc) is 2.27. The fourth-order valence-electron chi connectivity index (χ4n) is 1.43. The summed E-state index contributed by atoms with van der Waals surface area (Å²) in [5.41, 5.74) is -0.568. The van der Waals surface area contributed by atoms with Crippen LogP contribution in [0.5, 0.6) is 0 Å². The highest BCUT2D eigenvalue weighted by atomic mass is 79.9. The summed E-state index contributed by atoms with van der Waals surface area (Å²) < 4.78 is 72.2. The van der Waals surface area contributed by atoms with Crippen molar-refractivity contribution in [2.45, 2.75) is 11.1 Å². The zero-order valence-electron chi connectivity index (χ0n) is 10.2.